The van der Waals surface area contributed by atoms with Crippen molar-refractivity contribution >= 4 is 11.7 Å². The van der Waals surface area contributed by atoms with Gasteiger partial charge in [-0.15, -0.1) is 0 Å². The lowest BCUT2D eigenvalue weighted by molar-refractivity contribution is 0.0696. The van der Waals surface area contributed by atoms with E-state index in [0.29, 0.717) is 17.7 Å². The van der Waals surface area contributed by atoms with E-state index in [0.717, 1.165) is 16.7 Å². The van der Waals surface area contributed by atoms with E-state index >= 15 is 0 Å². The molecule has 2 aromatic rings. The van der Waals surface area contributed by atoms with Crippen molar-refractivity contribution in [2.24, 2.45) is 5.16 Å². The smallest absolute Gasteiger partial charge is 0.336 e. The van der Waals surface area contributed by atoms with E-state index in [9.17, 15) is 15.1 Å². The Morgan fingerprint density at radius 1 is 1.05 bits per heavy atom. The monoisotopic (exact) mass is 253 g/mol. The van der Waals surface area contributed by atoms with Gasteiger partial charge in [0, 0.05) is 11.1 Å². The zero-order valence-corrected chi connectivity index (χ0v) is 10.00. The van der Waals surface area contributed by atoms with E-state index < -0.39 is 5.97 Å². The van der Waals surface area contributed by atoms with Gasteiger partial charge in [0.15, 0.2) is 0 Å². The van der Waals surface area contributed by atoms with Crippen LogP contribution in [0, 0.1) is 0 Å². The number of rotatable bonds is 1. The highest BCUT2D eigenvalue weighted by molar-refractivity contribution is 6.19. The molecular formula is C15H11NO3. The summed E-state index contributed by atoms with van der Waals surface area (Å²) in [5.74, 6) is -1.02. The van der Waals surface area contributed by atoms with Crippen molar-refractivity contribution in [2.45, 2.75) is 6.42 Å². The third-order valence-corrected chi connectivity index (χ3v) is 3.37. The summed E-state index contributed by atoms with van der Waals surface area (Å²) in [6.07, 6.45) is 0.644. The molecule has 0 aromatic heterocycles. The molecule has 1 aliphatic rings. The van der Waals surface area contributed by atoms with Crippen LogP contribution < -0.4 is 0 Å². The summed E-state index contributed by atoms with van der Waals surface area (Å²) in [5, 5.41) is 21.9. The highest BCUT2D eigenvalue weighted by atomic mass is 16.4. The third kappa shape index (κ3) is 1.69. The molecule has 4 heteroatoms. The molecule has 0 saturated heterocycles. The first-order valence-electron chi connectivity index (χ1n) is 5.88. The van der Waals surface area contributed by atoms with Crippen molar-refractivity contribution in [1.82, 2.24) is 0 Å². The van der Waals surface area contributed by atoms with E-state index in [1.54, 1.807) is 6.07 Å². The van der Waals surface area contributed by atoms with E-state index in [-0.39, 0.29) is 5.56 Å². The van der Waals surface area contributed by atoms with Crippen LogP contribution in [0.25, 0.3) is 0 Å². The summed E-state index contributed by atoms with van der Waals surface area (Å²) in [5.41, 5.74) is 3.69. The Bertz CT molecular complexity index is 704. The van der Waals surface area contributed by atoms with Gasteiger partial charge in [-0.25, -0.2) is 4.79 Å². The Hall–Kier alpha value is -2.62. The van der Waals surface area contributed by atoms with Crippen molar-refractivity contribution in [3.63, 3.8) is 0 Å². The number of fused-ring (bicyclic) bond motifs is 2. The van der Waals surface area contributed by atoms with Crippen molar-refractivity contribution < 1.29 is 15.1 Å². The first-order chi connectivity index (χ1) is 9.22. The molecule has 0 unspecified atom stereocenters. The van der Waals surface area contributed by atoms with Crippen LogP contribution >= 0.6 is 0 Å². The maximum Gasteiger partial charge on any atom is 0.336 e. The molecule has 3 rings (SSSR count). The average molecular weight is 253 g/mol. The van der Waals surface area contributed by atoms with Crippen LogP contribution in [-0.2, 0) is 6.42 Å². The highest BCUT2D eigenvalue weighted by Crippen LogP contribution is 2.29. The maximum absolute atomic E-state index is 11.3. The second-order valence-electron chi connectivity index (χ2n) is 4.43. The zero-order valence-electron chi connectivity index (χ0n) is 10.00. The van der Waals surface area contributed by atoms with Crippen molar-refractivity contribution in [2.75, 3.05) is 0 Å². The molecule has 0 fully saturated rings. The molecule has 19 heavy (non-hydrogen) atoms. The molecule has 1 aliphatic carbocycles. The molecule has 2 aromatic carbocycles. The van der Waals surface area contributed by atoms with Gasteiger partial charge in [-0.1, -0.05) is 41.6 Å². The zero-order chi connectivity index (χ0) is 13.4. The van der Waals surface area contributed by atoms with Crippen molar-refractivity contribution in [1.29, 1.82) is 0 Å². The van der Waals surface area contributed by atoms with Crippen LogP contribution in [0.5, 0.6) is 0 Å². The lowest BCUT2D eigenvalue weighted by Crippen LogP contribution is -2.20. The topological polar surface area (TPSA) is 69.9 Å². The van der Waals surface area contributed by atoms with Gasteiger partial charge in [0.1, 0.15) is 5.71 Å². The van der Waals surface area contributed by atoms with E-state index in [4.69, 9.17) is 0 Å². The van der Waals surface area contributed by atoms with Gasteiger partial charge in [-0.3, -0.25) is 0 Å². The Morgan fingerprint density at radius 2 is 1.79 bits per heavy atom. The number of oxime groups is 1. The number of carbonyl (C=O) groups is 1. The van der Waals surface area contributed by atoms with Crippen molar-refractivity contribution in [3.8, 4) is 0 Å². The molecule has 2 N–H and O–H groups in total. The quantitative estimate of drug-likeness (QED) is 0.517. The minimum absolute atomic E-state index is 0.166. The molecule has 0 aliphatic heterocycles. The average Bonchev–Trinajstić information content (AvgIpc) is 2.43. The second-order valence-corrected chi connectivity index (χ2v) is 4.43. The fourth-order valence-electron chi connectivity index (χ4n) is 2.55. The maximum atomic E-state index is 11.3. The van der Waals surface area contributed by atoms with E-state index in [1.807, 2.05) is 30.3 Å². The summed E-state index contributed by atoms with van der Waals surface area (Å²) in [6.45, 7) is 0. The second kappa shape index (κ2) is 4.24. The fourth-order valence-corrected chi connectivity index (χ4v) is 2.55. The first-order valence-corrected chi connectivity index (χ1v) is 5.88. The summed E-state index contributed by atoms with van der Waals surface area (Å²) in [7, 11) is 0. The van der Waals surface area contributed by atoms with Gasteiger partial charge in [0.2, 0.25) is 0 Å². The highest BCUT2D eigenvalue weighted by Gasteiger charge is 2.26. The van der Waals surface area contributed by atoms with Gasteiger partial charge in [-0.2, -0.15) is 0 Å². The van der Waals surface area contributed by atoms with E-state index in [1.165, 1.54) is 6.07 Å². The molecule has 0 heterocycles. The molecule has 0 atom stereocenters. The molecule has 0 bridgehead atoms. The van der Waals surface area contributed by atoms with Gasteiger partial charge >= 0.3 is 5.97 Å². The number of hydrogen-bond donors (Lipinski definition) is 2. The number of hydrogen-bond acceptors (Lipinski definition) is 3. The number of carboxylic acid groups (broad SMARTS) is 1. The van der Waals surface area contributed by atoms with Crippen LogP contribution in [0.4, 0.5) is 0 Å². The normalized spacial score (nSPS) is 14.8. The van der Waals surface area contributed by atoms with Gasteiger partial charge in [-0.05, 0) is 23.6 Å². The molecule has 0 amide bonds. The Kier molecular flexibility index (Phi) is 2.56. The Morgan fingerprint density at radius 3 is 2.53 bits per heavy atom. The lowest BCUT2D eigenvalue weighted by atomic mass is 9.82. The van der Waals surface area contributed by atoms with Gasteiger partial charge in [0.05, 0.1) is 5.56 Å². The predicted molar refractivity (Wildman–Crippen MR) is 70.1 cm³/mol. The molecule has 94 valence electrons. The summed E-state index contributed by atoms with van der Waals surface area (Å²) >= 11 is 0. The number of aromatic carboxylic acids is 1. The van der Waals surface area contributed by atoms with Crippen molar-refractivity contribution in [3.05, 3.63) is 70.3 Å². The number of nitrogens with zero attached hydrogens (tertiary/aromatic N) is 1. The van der Waals surface area contributed by atoms with Crippen LogP contribution in [0.15, 0.2) is 47.6 Å². The molecule has 4 nitrogen and oxygen atoms in total. The predicted octanol–water partition coefficient (Wildman–Crippen LogP) is 2.52. The van der Waals surface area contributed by atoms with Crippen LogP contribution in [0.3, 0.4) is 0 Å². The molecule has 0 saturated carbocycles. The Balaban J connectivity index is 2.31. The van der Waals surface area contributed by atoms with Gasteiger partial charge in [0.25, 0.3) is 0 Å². The van der Waals surface area contributed by atoms with E-state index in [2.05, 4.69) is 5.16 Å². The Labute approximate surface area is 109 Å². The third-order valence-electron chi connectivity index (χ3n) is 3.37. The largest absolute Gasteiger partial charge is 0.478 e. The summed E-state index contributed by atoms with van der Waals surface area (Å²) in [6, 6.07) is 12.7. The number of carboxylic acids is 1. The molecule has 0 radical (unpaired) electrons. The minimum atomic E-state index is -1.02. The molecular weight excluding hydrogens is 242 g/mol. The SMILES string of the molecule is O=C(O)c1cccc2c1C(=NO)c1ccccc1C2. The standard InChI is InChI=1S/C15H11NO3/c17-15(18)12-7-3-5-10-8-9-4-1-2-6-11(9)14(16-19)13(10)12/h1-7,19H,8H2,(H,17,18). The number of benzene rings is 2. The van der Waals surface area contributed by atoms with Crippen LogP contribution in [-0.4, -0.2) is 22.0 Å². The van der Waals surface area contributed by atoms with Crippen LogP contribution in [0.1, 0.15) is 32.6 Å². The molecule has 0 spiro atoms. The lowest BCUT2D eigenvalue weighted by Gasteiger charge is -2.21. The van der Waals surface area contributed by atoms with Gasteiger partial charge < -0.3 is 10.3 Å². The fraction of sp³-hybridized carbons (Fsp3) is 0.0667. The first kappa shape index (κ1) is 11.5. The summed E-state index contributed by atoms with van der Waals surface area (Å²) in [4.78, 5) is 11.3. The summed E-state index contributed by atoms with van der Waals surface area (Å²) < 4.78 is 0. The van der Waals surface area contributed by atoms with Crippen LogP contribution in [0.2, 0.25) is 0 Å². The minimum Gasteiger partial charge on any atom is -0.478 e.